The van der Waals surface area contributed by atoms with Crippen LogP contribution in [0.1, 0.15) is 26.5 Å². The molecular formula is C17H23FN6O8P2. The fourth-order valence-corrected chi connectivity index (χ4v) is 4.00. The zero-order valence-electron chi connectivity index (χ0n) is 18.1. The summed E-state index contributed by atoms with van der Waals surface area (Å²) in [7, 11) is -4.04. The number of amides is 1. The monoisotopic (exact) mass is 520 g/mol. The number of carbonyl (C=O) groups is 1. The van der Waals surface area contributed by atoms with Crippen LogP contribution in [0.3, 0.4) is 0 Å². The van der Waals surface area contributed by atoms with Crippen molar-refractivity contribution in [1.29, 1.82) is 5.26 Å². The number of carbonyl (C=O) groups excluding carboxylic acids is 1. The average Bonchev–Trinajstić information content (AvgIpc) is 3.32. The summed E-state index contributed by atoms with van der Waals surface area (Å²) in [5.41, 5.74) is -0.847. The lowest BCUT2D eigenvalue weighted by molar-refractivity contribution is -0.118. The number of rotatable bonds is 11. The molecule has 2 unspecified atom stereocenters. The second kappa shape index (κ2) is 11.9. The quantitative estimate of drug-likeness (QED) is 0.285. The third-order valence-electron chi connectivity index (χ3n) is 4.66. The van der Waals surface area contributed by atoms with Gasteiger partial charge < -0.3 is 18.7 Å². The molecule has 1 aliphatic rings. The van der Waals surface area contributed by atoms with Crippen molar-refractivity contribution in [1.82, 2.24) is 19.5 Å². The second-order valence-corrected chi connectivity index (χ2v) is 8.90. The Kier molecular flexibility index (Phi) is 9.21. The van der Waals surface area contributed by atoms with Crippen LogP contribution >= 0.6 is 17.3 Å². The van der Waals surface area contributed by atoms with Gasteiger partial charge in [0.2, 0.25) is 11.9 Å². The van der Waals surface area contributed by atoms with Gasteiger partial charge in [-0.1, -0.05) is 13.8 Å². The summed E-state index contributed by atoms with van der Waals surface area (Å²) >= 11 is 0. The Labute approximate surface area is 194 Å². The highest BCUT2D eigenvalue weighted by Gasteiger charge is 2.48. The van der Waals surface area contributed by atoms with Gasteiger partial charge in [-0.2, -0.15) is 10.2 Å². The summed E-state index contributed by atoms with van der Waals surface area (Å²) in [6, 6.07) is 1.90. The van der Waals surface area contributed by atoms with Crippen LogP contribution in [0, 0.1) is 17.2 Å². The lowest BCUT2D eigenvalue weighted by atomic mass is 10.1. The van der Waals surface area contributed by atoms with E-state index < -0.39 is 53.4 Å². The first-order valence-corrected chi connectivity index (χ1v) is 12.1. The van der Waals surface area contributed by atoms with Gasteiger partial charge in [0.05, 0.1) is 32.0 Å². The summed E-state index contributed by atoms with van der Waals surface area (Å²) in [4.78, 5) is 44.2. The van der Waals surface area contributed by atoms with Crippen molar-refractivity contribution < 1.29 is 37.0 Å². The van der Waals surface area contributed by atoms with Gasteiger partial charge in [0.15, 0.2) is 32.6 Å². The standard InChI is InChI=1S/C17H23FN6O8P2/c1-8(2)14(25)22-17-21-13-11(15(26)23-17)20-7-24(13)16-12(32-34(27)28)10(18)9(31-16)6-30-33-29-5-3-4-19/h7-10,12,16,33-34H,3,5-6H2,1-2H3,(H,27,28)(H2,21,22,23,25,26)/t9-,10-,12-,16-/m1/s1. The number of ether oxygens (including phenoxy) is 1. The van der Waals surface area contributed by atoms with Crippen LogP contribution in [-0.4, -0.2) is 61.9 Å². The molecular weight excluding hydrogens is 497 g/mol. The fraction of sp³-hybridized carbons (Fsp3) is 0.588. The number of aromatic nitrogens is 4. The molecule has 14 nitrogen and oxygen atoms in total. The maximum Gasteiger partial charge on any atom is 0.317 e. The molecule has 0 aliphatic carbocycles. The molecule has 6 atom stereocenters. The Balaban J connectivity index is 1.85. The van der Waals surface area contributed by atoms with Crippen molar-refractivity contribution in [2.75, 3.05) is 18.5 Å². The molecule has 1 aliphatic heterocycles. The topological polar surface area (TPSA) is 191 Å². The predicted octanol–water partition coefficient (Wildman–Crippen LogP) is 1.17. The maximum atomic E-state index is 15.1. The molecule has 1 fully saturated rings. The molecule has 2 aromatic heterocycles. The molecule has 186 valence electrons. The number of H-pyrrole nitrogens is 1. The third-order valence-corrected chi connectivity index (χ3v) is 5.74. The lowest BCUT2D eigenvalue weighted by Gasteiger charge is -2.19. The summed E-state index contributed by atoms with van der Waals surface area (Å²) in [6.45, 7) is 3.18. The van der Waals surface area contributed by atoms with Crippen molar-refractivity contribution in [3.05, 3.63) is 16.7 Å². The van der Waals surface area contributed by atoms with Crippen LogP contribution in [0.25, 0.3) is 11.2 Å². The molecule has 0 radical (unpaired) electrons. The van der Waals surface area contributed by atoms with E-state index in [0.29, 0.717) is 0 Å². The smallest absolute Gasteiger partial charge is 0.317 e. The normalized spacial score (nSPS) is 23.6. The van der Waals surface area contributed by atoms with Gasteiger partial charge in [0.1, 0.15) is 12.2 Å². The zero-order valence-corrected chi connectivity index (χ0v) is 20.1. The first-order chi connectivity index (χ1) is 16.2. The van der Waals surface area contributed by atoms with Crippen LogP contribution < -0.4 is 10.9 Å². The minimum absolute atomic E-state index is 0.0607. The van der Waals surface area contributed by atoms with Gasteiger partial charge in [0.25, 0.3) is 5.56 Å². The molecule has 2 aromatic rings. The van der Waals surface area contributed by atoms with Gasteiger partial charge in [0, 0.05) is 5.92 Å². The van der Waals surface area contributed by atoms with E-state index in [0.717, 1.165) is 6.33 Å². The van der Waals surface area contributed by atoms with Crippen molar-refractivity contribution >= 4 is 40.3 Å². The minimum atomic E-state index is -3.57. The third kappa shape index (κ3) is 6.22. The summed E-state index contributed by atoms with van der Waals surface area (Å²) in [5, 5.41) is 10.9. The van der Waals surface area contributed by atoms with E-state index in [9.17, 15) is 19.0 Å². The number of anilines is 1. The van der Waals surface area contributed by atoms with Gasteiger partial charge >= 0.3 is 8.25 Å². The highest BCUT2D eigenvalue weighted by atomic mass is 31.1. The highest BCUT2D eigenvalue weighted by Crippen LogP contribution is 2.39. The number of hydrogen-bond acceptors (Lipinski definition) is 10. The Hall–Kier alpha value is -2.30. The largest absolute Gasteiger partial charge is 0.346 e. The van der Waals surface area contributed by atoms with Crippen LogP contribution in [0.4, 0.5) is 10.3 Å². The summed E-state index contributed by atoms with van der Waals surface area (Å²) in [5.74, 6) is -0.942. The van der Waals surface area contributed by atoms with Gasteiger partial charge in [-0.15, -0.1) is 0 Å². The van der Waals surface area contributed by atoms with Crippen LogP contribution in [-0.2, 0) is 27.7 Å². The number of nitrogens with one attached hydrogen (secondary N) is 2. The van der Waals surface area contributed by atoms with E-state index in [1.54, 1.807) is 13.8 Å². The van der Waals surface area contributed by atoms with E-state index in [1.807, 2.05) is 6.07 Å². The highest BCUT2D eigenvalue weighted by molar-refractivity contribution is 7.32. The molecule has 17 heteroatoms. The molecule has 1 amide bonds. The number of aromatic amines is 1. The van der Waals surface area contributed by atoms with Crippen molar-refractivity contribution in [2.45, 2.75) is 44.9 Å². The maximum absolute atomic E-state index is 15.1. The molecule has 3 rings (SSSR count). The Bertz CT molecular complexity index is 1140. The first-order valence-electron chi connectivity index (χ1n) is 10.0. The first kappa shape index (κ1) is 26.3. The molecule has 1 saturated heterocycles. The predicted molar refractivity (Wildman–Crippen MR) is 117 cm³/mol. The number of fused-ring (bicyclic) bond motifs is 1. The van der Waals surface area contributed by atoms with Crippen molar-refractivity contribution in [2.24, 2.45) is 5.92 Å². The minimum Gasteiger partial charge on any atom is -0.346 e. The molecule has 3 heterocycles. The van der Waals surface area contributed by atoms with E-state index in [-0.39, 0.29) is 42.7 Å². The average molecular weight is 520 g/mol. The number of halogens is 1. The number of alkyl halides is 1. The van der Waals surface area contributed by atoms with E-state index in [4.69, 9.17) is 23.6 Å². The van der Waals surface area contributed by atoms with E-state index in [1.165, 1.54) is 4.57 Å². The summed E-state index contributed by atoms with van der Waals surface area (Å²) < 4.78 is 48.5. The molecule has 0 saturated carbocycles. The Morgan fingerprint density at radius 1 is 1.53 bits per heavy atom. The molecule has 0 spiro atoms. The van der Waals surface area contributed by atoms with Crippen LogP contribution in [0.2, 0.25) is 0 Å². The van der Waals surface area contributed by atoms with E-state index >= 15 is 4.39 Å². The Morgan fingerprint density at radius 2 is 2.29 bits per heavy atom. The number of nitriles is 1. The zero-order chi connectivity index (χ0) is 24.8. The van der Waals surface area contributed by atoms with Crippen molar-refractivity contribution in [3.8, 4) is 6.07 Å². The SMILES string of the molecule is CC(C)C(=O)Nc1nc2c(ncn2[C@@H]2O[C@H](COPOCCC#N)[C@@H](F)[C@H]2O[PH](=O)O)c(=O)[nH]1. The second-order valence-electron chi connectivity index (χ2n) is 7.39. The van der Waals surface area contributed by atoms with Gasteiger partial charge in [-0.05, 0) is 0 Å². The van der Waals surface area contributed by atoms with E-state index in [2.05, 4.69) is 20.3 Å². The molecule has 0 aromatic carbocycles. The van der Waals surface area contributed by atoms with Gasteiger partial charge in [-0.25, -0.2) is 9.37 Å². The molecule has 3 N–H and O–H groups in total. The summed E-state index contributed by atoms with van der Waals surface area (Å²) in [6.07, 6.45) is -4.62. The molecule has 34 heavy (non-hydrogen) atoms. The fourth-order valence-electron chi connectivity index (χ4n) is 3.02. The number of nitrogens with zero attached hydrogens (tertiary/aromatic N) is 4. The number of hydrogen-bond donors (Lipinski definition) is 3. The molecule has 0 bridgehead atoms. The Morgan fingerprint density at radius 3 is 2.97 bits per heavy atom. The van der Waals surface area contributed by atoms with Gasteiger partial charge in [-0.3, -0.25) is 33.5 Å². The van der Waals surface area contributed by atoms with Crippen LogP contribution in [0.15, 0.2) is 11.1 Å². The number of imidazole rings is 1. The lowest BCUT2D eigenvalue weighted by Crippen LogP contribution is -2.31. The van der Waals surface area contributed by atoms with Crippen LogP contribution in [0.5, 0.6) is 0 Å². The van der Waals surface area contributed by atoms with Crippen molar-refractivity contribution in [3.63, 3.8) is 0 Å².